The number of sulfonamides is 1. The third-order valence-corrected chi connectivity index (χ3v) is 9.09. The average Bonchev–Trinajstić information content (AvgIpc) is 3.22. The van der Waals surface area contributed by atoms with Crippen LogP contribution in [0.25, 0.3) is 4.85 Å². The van der Waals surface area contributed by atoms with Gasteiger partial charge in [-0.15, -0.1) is 0 Å². The van der Waals surface area contributed by atoms with Crippen LogP contribution in [0.3, 0.4) is 0 Å². The summed E-state index contributed by atoms with van der Waals surface area (Å²) in [6.45, 7) is 11.3. The Morgan fingerprint density at radius 1 is 1.09 bits per heavy atom. The molecule has 2 aromatic rings. The van der Waals surface area contributed by atoms with Gasteiger partial charge in [0.1, 0.15) is 11.9 Å². The van der Waals surface area contributed by atoms with E-state index >= 15 is 0 Å². The highest BCUT2D eigenvalue weighted by molar-refractivity contribution is 7.89. The molecule has 3 aliphatic rings. The first-order valence-corrected chi connectivity index (χ1v) is 14.2. The zero-order valence-electron chi connectivity index (χ0n) is 19.7. The summed E-state index contributed by atoms with van der Waals surface area (Å²) in [4.78, 5) is 6.43. The molecule has 0 aromatic heterocycles. The number of piperidine rings is 2. The van der Waals surface area contributed by atoms with Crippen LogP contribution in [0.5, 0.6) is 5.75 Å². The van der Waals surface area contributed by atoms with Gasteiger partial charge in [-0.1, -0.05) is 18.0 Å². The molecule has 0 saturated carbocycles. The number of fused-ring (bicyclic) bond motifs is 1. The first-order chi connectivity index (χ1) is 16.9. The van der Waals surface area contributed by atoms with Crippen LogP contribution in [0.2, 0.25) is 5.02 Å². The van der Waals surface area contributed by atoms with Crippen LogP contribution in [0.1, 0.15) is 49.3 Å². The quantitative estimate of drug-likeness (QED) is 0.557. The molecule has 0 radical (unpaired) electrons. The smallest absolute Gasteiger partial charge is 0.240 e. The molecular formula is C26H31ClN4O3S. The van der Waals surface area contributed by atoms with Crippen LogP contribution in [0, 0.1) is 6.57 Å². The Hall–Kier alpha value is -2.15. The van der Waals surface area contributed by atoms with E-state index in [-0.39, 0.29) is 23.1 Å². The van der Waals surface area contributed by atoms with E-state index in [2.05, 4.69) is 19.8 Å². The molecule has 186 valence electrons. The van der Waals surface area contributed by atoms with E-state index in [1.54, 1.807) is 30.3 Å². The van der Waals surface area contributed by atoms with Gasteiger partial charge < -0.3 is 10.1 Å². The maximum Gasteiger partial charge on any atom is 0.240 e. The van der Waals surface area contributed by atoms with Gasteiger partial charge in [-0.05, 0) is 106 Å². The number of hydrogen-bond acceptors (Lipinski definition) is 5. The van der Waals surface area contributed by atoms with Gasteiger partial charge in [-0.3, -0.25) is 4.90 Å². The maximum atomic E-state index is 12.9. The SMILES string of the molecule is [C-]#[N+]c1cc(Cl)cc2c1C[C@H](N1CCCCC1)[C@H]2Oc1ccc(S(=O)(=O)NC2CCNCC2)cc1. The van der Waals surface area contributed by atoms with Crippen molar-refractivity contribution < 1.29 is 13.2 Å². The number of ether oxygens (including phenoxy) is 1. The van der Waals surface area contributed by atoms with Gasteiger partial charge in [0.25, 0.3) is 0 Å². The van der Waals surface area contributed by atoms with Crippen LogP contribution in [-0.2, 0) is 16.4 Å². The van der Waals surface area contributed by atoms with Crippen LogP contribution < -0.4 is 14.8 Å². The van der Waals surface area contributed by atoms with E-state index in [1.165, 1.54) is 6.42 Å². The highest BCUT2D eigenvalue weighted by Gasteiger charge is 2.40. The van der Waals surface area contributed by atoms with Crippen molar-refractivity contribution in [1.82, 2.24) is 14.9 Å². The van der Waals surface area contributed by atoms with Crippen LogP contribution in [-0.4, -0.2) is 51.6 Å². The van der Waals surface area contributed by atoms with E-state index in [9.17, 15) is 8.42 Å². The summed E-state index contributed by atoms with van der Waals surface area (Å²) in [6.07, 6.45) is 5.61. The molecule has 35 heavy (non-hydrogen) atoms. The summed E-state index contributed by atoms with van der Waals surface area (Å²) in [7, 11) is -3.59. The lowest BCUT2D eigenvalue weighted by Crippen LogP contribution is -2.43. The molecular weight excluding hydrogens is 484 g/mol. The molecule has 0 amide bonds. The molecule has 2 N–H and O–H groups in total. The predicted octanol–water partition coefficient (Wildman–Crippen LogP) is 4.45. The average molecular weight is 515 g/mol. The van der Waals surface area contributed by atoms with Gasteiger partial charge >= 0.3 is 0 Å². The van der Waals surface area contributed by atoms with Crippen molar-refractivity contribution in [2.24, 2.45) is 0 Å². The van der Waals surface area contributed by atoms with Crippen molar-refractivity contribution in [3.8, 4) is 5.75 Å². The van der Waals surface area contributed by atoms with Gasteiger partial charge in [-0.2, -0.15) is 0 Å². The van der Waals surface area contributed by atoms with E-state index < -0.39 is 10.0 Å². The molecule has 2 saturated heterocycles. The Kier molecular flexibility index (Phi) is 7.33. The minimum atomic E-state index is -3.59. The minimum absolute atomic E-state index is 0.0427. The van der Waals surface area contributed by atoms with E-state index in [0.717, 1.165) is 69.4 Å². The fraction of sp³-hybridized carbons (Fsp3) is 0.500. The summed E-state index contributed by atoms with van der Waals surface area (Å²) < 4.78 is 35.1. The molecule has 5 rings (SSSR count). The summed E-state index contributed by atoms with van der Waals surface area (Å²) in [5.41, 5.74) is 2.56. The Balaban J connectivity index is 1.38. The van der Waals surface area contributed by atoms with Crippen LogP contribution in [0.15, 0.2) is 41.3 Å². The zero-order chi connectivity index (χ0) is 24.4. The number of halogens is 1. The molecule has 2 heterocycles. The second kappa shape index (κ2) is 10.5. The third kappa shape index (κ3) is 5.35. The molecule has 2 aliphatic heterocycles. The van der Waals surface area contributed by atoms with Gasteiger partial charge in [0.2, 0.25) is 10.0 Å². The Morgan fingerprint density at radius 2 is 1.80 bits per heavy atom. The van der Waals surface area contributed by atoms with Crippen LogP contribution >= 0.6 is 11.6 Å². The van der Waals surface area contributed by atoms with Gasteiger partial charge in [0, 0.05) is 11.1 Å². The maximum absolute atomic E-state index is 12.9. The molecule has 1 aliphatic carbocycles. The number of nitrogens with one attached hydrogen (secondary N) is 2. The molecule has 0 spiro atoms. The largest absolute Gasteiger partial charge is 0.484 e. The van der Waals surface area contributed by atoms with Crippen molar-refractivity contribution in [2.45, 2.75) is 61.6 Å². The van der Waals surface area contributed by atoms with Crippen molar-refractivity contribution >= 4 is 27.3 Å². The number of likely N-dealkylation sites (tertiary alicyclic amines) is 1. The van der Waals surface area contributed by atoms with E-state index in [0.29, 0.717) is 16.5 Å². The summed E-state index contributed by atoms with van der Waals surface area (Å²) in [6, 6.07) is 10.4. The van der Waals surface area contributed by atoms with Gasteiger partial charge in [0.15, 0.2) is 5.69 Å². The highest BCUT2D eigenvalue weighted by atomic mass is 35.5. The van der Waals surface area contributed by atoms with Crippen molar-refractivity contribution in [1.29, 1.82) is 0 Å². The lowest BCUT2D eigenvalue weighted by Gasteiger charge is -2.36. The lowest BCUT2D eigenvalue weighted by molar-refractivity contribution is 0.0647. The summed E-state index contributed by atoms with van der Waals surface area (Å²) >= 11 is 6.37. The molecule has 2 aromatic carbocycles. The molecule has 2 fully saturated rings. The van der Waals surface area contributed by atoms with Crippen molar-refractivity contribution in [3.63, 3.8) is 0 Å². The van der Waals surface area contributed by atoms with Crippen molar-refractivity contribution in [2.75, 3.05) is 26.2 Å². The zero-order valence-corrected chi connectivity index (χ0v) is 21.2. The third-order valence-electron chi connectivity index (χ3n) is 7.33. The Bertz CT molecular complexity index is 1200. The molecule has 0 unspecified atom stereocenters. The Morgan fingerprint density at radius 3 is 2.49 bits per heavy atom. The lowest BCUT2D eigenvalue weighted by atomic mass is 10.0. The second-order valence-corrected chi connectivity index (χ2v) is 11.8. The Labute approximate surface area is 212 Å². The topological polar surface area (TPSA) is 75.0 Å². The van der Waals surface area contributed by atoms with Crippen LogP contribution in [0.4, 0.5) is 5.69 Å². The minimum Gasteiger partial charge on any atom is -0.484 e. The molecule has 0 bridgehead atoms. The molecule has 2 atom stereocenters. The number of rotatable bonds is 6. The number of nitrogens with zero attached hydrogens (tertiary/aromatic N) is 2. The van der Waals surface area contributed by atoms with E-state index in [1.807, 2.05) is 6.07 Å². The summed E-state index contributed by atoms with van der Waals surface area (Å²) in [5.74, 6) is 0.606. The fourth-order valence-electron chi connectivity index (χ4n) is 5.53. The first-order valence-electron chi connectivity index (χ1n) is 12.4. The standard InChI is InChI=1S/C26H31ClN4O3S/c1-28-24-16-18(27)15-23-22(24)17-25(31-13-3-2-4-14-31)26(23)34-20-5-7-21(8-6-20)35(32,33)30-19-9-11-29-12-10-19/h5-8,15-16,19,25-26,29-30H,2-4,9-14,17H2/t25-,26-/m0/s1. The van der Waals surface area contributed by atoms with Gasteiger partial charge in [-0.25, -0.2) is 18.0 Å². The van der Waals surface area contributed by atoms with Gasteiger partial charge in [0.05, 0.1) is 17.5 Å². The molecule has 7 nitrogen and oxygen atoms in total. The molecule has 9 heteroatoms. The van der Waals surface area contributed by atoms with Crippen molar-refractivity contribution in [3.05, 3.63) is 64.0 Å². The second-order valence-electron chi connectivity index (χ2n) is 9.63. The normalized spacial score (nSPS) is 23.5. The predicted molar refractivity (Wildman–Crippen MR) is 137 cm³/mol. The first kappa shape index (κ1) is 24.5. The van der Waals surface area contributed by atoms with E-state index in [4.69, 9.17) is 22.9 Å². The highest BCUT2D eigenvalue weighted by Crippen LogP contribution is 2.44. The summed E-state index contributed by atoms with van der Waals surface area (Å²) in [5, 5.41) is 3.78. The number of benzene rings is 2. The monoisotopic (exact) mass is 514 g/mol. The fourth-order valence-corrected chi connectivity index (χ4v) is 7.05. The number of hydrogen-bond donors (Lipinski definition) is 2.